The topological polar surface area (TPSA) is 45.2 Å². The van der Waals surface area contributed by atoms with E-state index in [0.29, 0.717) is 8.58 Å². The van der Waals surface area contributed by atoms with Crippen molar-refractivity contribution in [3.63, 3.8) is 0 Å². The fraction of sp³-hybridized carbons (Fsp3) is 0.238. The second-order valence-electron chi connectivity index (χ2n) is 6.94. The van der Waals surface area contributed by atoms with Gasteiger partial charge in [-0.3, -0.25) is 4.79 Å². The summed E-state index contributed by atoms with van der Waals surface area (Å²) in [7, 11) is 0.550. The molecule has 0 saturated carbocycles. The fourth-order valence-corrected chi connectivity index (χ4v) is 5.97. The molecule has 6 heteroatoms. The summed E-state index contributed by atoms with van der Waals surface area (Å²) in [6.07, 6.45) is 11.5. The molecule has 27 heavy (non-hydrogen) atoms. The number of carbonyl (C=O) groups excluding carboxylic acids is 1. The Bertz CT molecular complexity index is 1060. The number of hydrogen-bond donors (Lipinski definition) is 1. The van der Waals surface area contributed by atoms with Gasteiger partial charge in [-0.1, -0.05) is 32.9 Å². The molecule has 0 saturated heterocycles. The Morgan fingerprint density at radius 3 is 3.15 bits per heavy atom. The number of benzene rings is 1. The van der Waals surface area contributed by atoms with Crippen LogP contribution >= 0.6 is 19.9 Å². The van der Waals surface area contributed by atoms with Crippen LogP contribution in [-0.2, 0) is 4.79 Å². The Hall–Kier alpha value is -2.07. The molecule has 5 rings (SSSR count). The Morgan fingerprint density at radius 1 is 1.37 bits per heavy atom. The molecule has 3 aliphatic heterocycles. The molecule has 136 valence electrons. The van der Waals surface area contributed by atoms with Crippen LogP contribution in [0.4, 0.5) is 0 Å². The molecule has 1 aromatic carbocycles. The minimum atomic E-state index is 0.0747. The zero-order valence-electron chi connectivity index (χ0n) is 15.0. The van der Waals surface area contributed by atoms with Gasteiger partial charge in [-0.05, 0) is 54.0 Å². The molecule has 2 aromatic rings. The Kier molecular flexibility index (Phi) is 4.31. The van der Waals surface area contributed by atoms with Crippen molar-refractivity contribution in [2.75, 3.05) is 13.1 Å². The smallest absolute Gasteiger partial charge is 0.252 e. The summed E-state index contributed by atoms with van der Waals surface area (Å²) >= 11 is 1.70. The molecule has 2 unspecified atom stereocenters. The van der Waals surface area contributed by atoms with Gasteiger partial charge in [0.15, 0.2) is 0 Å². The predicted octanol–water partition coefficient (Wildman–Crippen LogP) is 4.17. The number of carbonyl (C=O) groups is 1. The molecule has 0 fully saturated rings. The van der Waals surface area contributed by atoms with Gasteiger partial charge in [0.25, 0.3) is 5.91 Å². The first-order chi connectivity index (χ1) is 13.2. The van der Waals surface area contributed by atoms with Crippen LogP contribution in [-0.4, -0.2) is 34.7 Å². The number of rotatable bonds is 2. The Labute approximate surface area is 164 Å². The number of allylic oxidation sites excluding steroid dienone is 2. The quantitative estimate of drug-likeness (QED) is 0.779. The molecule has 4 heterocycles. The van der Waals surface area contributed by atoms with E-state index in [2.05, 4.69) is 46.7 Å². The van der Waals surface area contributed by atoms with Crippen molar-refractivity contribution in [3.05, 3.63) is 70.4 Å². The van der Waals surface area contributed by atoms with E-state index >= 15 is 0 Å². The lowest BCUT2D eigenvalue weighted by atomic mass is 9.99. The first-order valence-corrected chi connectivity index (χ1v) is 11.0. The van der Waals surface area contributed by atoms with Crippen LogP contribution in [0.2, 0.25) is 0 Å². The van der Waals surface area contributed by atoms with E-state index in [9.17, 15) is 4.79 Å². The molecule has 0 radical (unpaired) electrons. The molecule has 0 bridgehead atoms. The Morgan fingerprint density at radius 2 is 2.30 bits per heavy atom. The highest BCUT2D eigenvalue weighted by Gasteiger charge is 2.29. The van der Waals surface area contributed by atoms with Gasteiger partial charge in [0.2, 0.25) is 0 Å². The average molecular weight is 393 g/mol. The maximum absolute atomic E-state index is 12.8. The summed E-state index contributed by atoms with van der Waals surface area (Å²) in [6, 6.07) is 6.33. The van der Waals surface area contributed by atoms with E-state index in [4.69, 9.17) is 0 Å². The number of thiazole rings is 1. The van der Waals surface area contributed by atoms with Crippen LogP contribution in [0.15, 0.2) is 59.8 Å². The largest absolute Gasteiger partial charge is 0.313 e. The molecule has 2 atom stereocenters. The lowest BCUT2D eigenvalue weighted by molar-refractivity contribution is -0.123. The third-order valence-corrected chi connectivity index (χ3v) is 7.55. The number of hydrogen-bond acceptors (Lipinski definition) is 4. The third-order valence-electron chi connectivity index (χ3n) is 5.10. The number of nitrogens with one attached hydrogen (secondary N) is 1. The number of amides is 1. The zero-order valence-corrected chi connectivity index (χ0v) is 16.8. The Balaban J connectivity index is 1.45. The van der Waals surface area contributed by atoms with Gasteiger partial charge in [0.05, 0.1) is 21.0 Å². The molecule has 0 aliphatic carbocycles. The molecular weight excluding hydrogens is 373 g/mol. The standard InChI is InChI=1S/C21H20N3OPS/c1-13-23-17-4-2-15(10-19(17)27-13)18-11-20(25)24-12-16(3-5-21(24)26-18)14-6-8-22-9-7-14/h2-6,10-12,21-22,26H,7-9H2,1H3. The SMILES string of the molecule is Cc1nc2ccc(C3=CC(=O)N4C=C(C5=CCNCC5)C=CC4P3)cc2s1. The van der Waals surface area contributed by atoms with Crippen LogP contribution < -0.4 is 5.32 Å². The molecule has 4 nitrogen and oxygen atoms in total. The summed E-state index contributed by atoms with van der Waals surface area (Å²) in [5.74, 6) is 0.202. The molecule has 3 aliphatic rings. The first kappa shape index (κ1) is 17.1. The van der Waals surface area contributed by atoms with Crippen molar-refractivity contribution in [2.45, 2.75) is 19.1 Å². The van der Waals surface area contributed by atoms with E-state index in [1.165, 1.54) is 15.8 Å². The van der Waals surface area contributed by atoms with Crippen LogP contribution in [0.5, 0.6) is 0 Å². The summed E-state index contributed by atoms with van der Waals surface area (Å²) < 4.78 is 1.18. The minimum absolute atomic E-state index is 0.0747. The predicted molar refractivity (Wildman–Crippen MR) is 114 cm³/mol. The van der Waals surface area contributed by atoms with E-state index in [0.717, 1.165) is 40.9 Å². The summed E-state index contributed by atoms with van der Waals surface area (Å²) in [5.41, 5.74) is 4.68. The van der Waals surface area contributed by atoms with Crippen LogP contribution in [0.25, 0.3) is 15.5 Å². The van der Waals surface area contributed by atoms with Gasteiger partial charge in [0, 0.05) is 18.8 Å². The molecular formula is C21H20N3OPS. The van der Waals surface area contributed by atoms with E-state index in [1.54, 1.807) is 11.3 Å². The lowest BCUT2D eigenvalue weighted by Crippen LogP contribution is -2.35. The van der Waals surface area contributed by atoms with Crippen molar-refractivity contribution >= 4 is 41.4 Å². The van der Waals surface area contributed by atoms with Crippen LogP contribution in [0.3, 0.4) is 0 Å². The second-order valence-corrected chi connectivity index (χ2v) is 9.59. The number of nitrogens with zero attached hydrogens (tertiary/aromatic N) is 2. The highest BCUT2D eigenvalue weighted by Crippen LogP contribution is 2.45. The summed E-state index contributed by atoms with van der Waals surface area (Å²) in [5, 5.41) is 5.55. The van der Waals surface area contributed by atoms with Gasteiger partial charge in [-0.15, -0.1) is 11.3 Å². The normalized spacial score (nSPS) is 23.3. The van der Waals surface area contributed by atoms with Gasteiger partial charge in [-0.2, -0.15) is 0 Å². The van der Waals surface area contributed by atoms with Crippen molar-refractivity contribution in [1.29, 1.82) is 0 Å². The van der Waals surface area contributed by atoms with Gasteiger partial charge in [-0.25, -0.2) is 4.98 Å². The monoisotopic (exact) mass is 393 g/mol. The van der Waals surface area contributed by atoms with E-state index in [-0.39, 0.29) is 11.7 Å². The van der Waals surface area contributed by atoms with Crippen molar-refractivity contribution < 1.29 is 4.79 Å². The van der Waals surface area contributed by atoms with Crippen LogP contribution in [0.1, 0.15) is 17.0 Å². The number of aromatic nitrogens is 1. The average Bonchev–Trinajstić information content (AvgIpc) is 3.07. The molecule has 1 amide bonds. The van der Waals surface area contributed by atoms with Crippen molar-refractivity contribution in [1.82, 2.24) is 15.2 Å². The first-order valence-electron chi connectivity index (χ1n) is 9.16. The molecule has 0 spiro atoms. The highest BCUT2D eigenvalue weighted by molar-refractivity contribution is 7.51. The molecule has 1 N–H and O–H groups in total. The van der Waals surface area contributed by atoms with Crippen molar-refractivity contribution in [2.24, 2.45) is 0 Å². The number of aryl methyl sites for hydroxylation is 1. The van der Waals surface area contributed by atoms with Gasteiger partial charge < -0.3 is 10.2 Å². The van der Waals surface area contributed by atoms with E-state index in [1.807, 2.05) is 24.1 Å². The zero-order chi connectivity index (χ0) is 18.4. The van der Waals surface area contributed by atoms with Gasteiger partial charge >= 0.3 is 0 Å². The highest BCUT2D eigenvalue weighted by atomic mass is 32.1. The van der Waals surface area contributed by atoms with Gasteiger partial charge in [0.1, 0.15) is 0 Å². The number of fused-ring (bicyclic) bond motifs is 2. The maximum Gasteiger partial charge on any atom is 0.252 e. The van der Waals surface area contributed by atoms with Crippen LogP contribution in [0, 0.1) is 6.92 Å². The summed E-state index contributed by atoms with van der Waals surface area (Å²) in [6.45, 7) is 3.94. The van der Waals surface area contributed by atoms with Crippen molar-refractivity contribution in [3.8, 4) is 0 Å². The maximum atomic E-state index is 12.8. The second kappa shape index (κ2) is 6.83. The minimum Gasteiger partial charge on any atom is -0.313 e. The third kappa shape index (κ3) is 3.20. The summed E-state index contributed by atoms with van der Waals surface area (Å²) in [4.78, 5) is 19.3. The fourth-order valence-electron chi connectivity index (χ4n) is 3.73. The lowest BCUT2D eigenvalue weighted by Gasteiger charge is -2.34. The molecule has 1 aromatic heterocycles. The van der Waals surface area contributed by atoms with E-state index < -0.39 is 0 Å².